The molecule has 0 radical (unpaired) electrons. The molecule has 0 saturated carbocycles. The predicted molar refractivity (Wildman–Crippen MR) is 134 cm³/mol. The SMILES string of the molecule is CC(Cn1cc(-c2ccccc2)c2ccccc2c1=O)NC(=O)CN(C)C.O=C(O)/C=C\C(=O)O. The second kappa shape index (κ2) is 12.9. The standard InChI is InChI=1S/C22H25N3O2.C4H4O4/c1-16(23-21(26)15-24(2)3)13-25-14-20(17-9-5-4-6-10-17)18-11-7-8-12-19(18)22(25)27;5-3(6)1-2-4(7)8/h4-12,14,16H,13,15H2,1-3H3,(H,23,26);1-2H,(H,5,6)(H,7,8)/b;2-1-. The minimum absolute atomic E-state index is 0.0426. The molecule has 9 heteroatoms. The van der Waals surface area contributed by atoms with Crippen molar-refractivity contribution in [3.05, 3.63) is 83.3 Å². The summed E-state index contributed by atoms with van der Waals surface area (Å²) in [7, 11) is 3.70. The van der Waals surface area contributed by atoms with Gasteiger partial charge in [0.05, 0.1) is 6.54 Å². The lowest BCUT2D eigenvalue weighted by atomic mass is 10.0. The molecule has 0 aliphatic rings. The molecule has 9 nitrogen and oxygen atoms in total. The Kier molecular flexibility index (Phi) is 9.92. The number of amides is 1. The Labute approximate surface area is 202 Å². The Morgan fingerprint density at radius 3 is 2.03 bits per heavy atom. The van der Waals surface area contributed by atoms with Crippen LogP contribution in [0.25, 0.3) is 21.9 Å². The highest BCUT2D eigenvalue weighted by molar-refractivity contribution is 5.95. The van der Waals surface area contributed by atoms with Crippen LogP contribution in [0.4, 0.5) is 0 Å². The van der Waals surface area contributed by atoms with Crippen molar-refractivity contribution in [3.63, 3.8) is 0 Å². The molecule has 35 heavy (non-hydrogen) atoms. The van der Waals surface area contributed by atoms with E-state index in [4.69, 9.17) is 10.2 Å². The van der Waals surface area contributed by atoms with Gasteiger partial charge in [-0.3, -0.25) is 9.59 Å². The fraction of sp³-hybridized carbons (Fsp3) is 0.231. The van der Waals surface area contributed by atoms with Crippen LogP contribution in [0, 0.1) is 0 Å². The lowest BCUT2D eigenvalue weighted by Crippen LogP contribution is -2.42. The van der Waals surface area contributed by atoms with Crippen molar-refractivity contribution in [3.8, 4) is 11.1 Å². The maximum absolute atomic E-state index is 13.0. The summed E-state index contributed by atoms with van der Waals surface area (Å²) in [6, 6.07) is 17.5. The van der Waals surface area contributed by atoms with Gasteiger partial charge >= 0.3 is 11.9 Å². The van der Waals surface area contributed by atoms with Gasteiger partial charge in [-0.25, -0.2) is 9.59 Å². The summed E-state index contributed by atoms with van der Waals surface area (Å²) >= 11 is 0. The van der Waals surface area contributed by atoms with E-state index in [9.17, 15) is 19.2 Å². The average molecular weight is 480 g/mol. The highest BCUT2D eigenvalue weighted by Gasteiger charge is 2.14. The number of pyridine rings is 1. The van der Waals surface area contributed by atoms with Gasteiger partial charge < -0.3 is 25.0 Å². The van der Waals surface area contributed by atoms with E-state index in [2.05, 4.69) is 5.32 Å². The Morgan fingerprint density at radius 2 is 1.49 bits per heavy atom. The lowest BCUT2D eigenvalue weighted by molar-refractivity contribution is -0.134. The zero-order chi connectivity index (χ0) is 26.0. The predicted octanol–water partition coefficient (Wildman–Crippen LogP) is 2.45. The molecule has 0 saturated heterocycles. The fourth-order valence-electron chi connectivity index (χ4n) is 3.42. The largest absolute Gasteiger partial charge is 0.478 e. The fourth-order valence-corrected chi connectivity index (χ4v) is 3.42. The van der Waals surface area contributed by atoms with E-state index in [0.717, 1.165) is 16.5 Å². The van der Waals surface area contributed by atoms with Crippen LogP contribution in [0.5, 0.6) is 0 Å². The third kappa shape index (κ3) is 8.56. The van der Waals surface area contributed by atoms with Crippen molar-refractivity contribution in [1.29, 1.82) is 0 Å². The highest BCUT2D eigenvalue weighted by Crippen LogP contribution is 2.26. The molecule has 0 fully saturated rings. The number of aromatic nitrogens is 1. The first-order valence-electron chi connectivity index (χ1n) is 10.8. The molecule has 1 heterocycles. The van der Waals surface area contributed by atoms with Gasteiger partial charge in [0.25, 0.3) is 5.56 Å². The van der Waals surface area contributed by atoms with Gasteiger partial charge in [-0.2, -0.15) is 0 Å². The number of fused-ring (bicyclic) bond motifs is 1. The number of carboxylic acids is 2. The lowest BCUT2D eigenvalue weighted by Gasteiger charge is -2.19. The normalized spacial score (nSPS) is 11.7. The summed E-state index contributed by atoms with van der Waals surface area (Å²) < 4.78 is 1.70. The number of hydrogen-bond donors (Lipinski definition) is 3. The summed E-state index contributed by atoms with van der Waals surface area (Å²) in [6.07, 6.45) is 3.01. The van der Waals surface area contributed by atoms with Crippen LogP contribution in [0.1, 0.15) is 6.92 Å². The molecule has 3 rings (SSSR count). The number of carbonyl (C=O) groups excluding carboxylic acids is 1. The van der Waals surface area contributed by atoms with Crippen LogP contribution in [0.15, 0.2) is 77.7 Å². The third-order valence-corrected chi connectivity index (χ3v) is 4.78. The third-order valence-electron chi connectivity index (χ3n) is 4.78. The first-order valence-corrected chi connectivity index (χ1v) is 10.8. The van der Waals surface area contributed by atoms with E-state index in [1.807, 2.05) is 86.7 Å². The first-order chi connectivity index (χ1) is 16.6. The highest BCUT2D eigenvalue weighted by atomic mass is 16.4. The van der Waals surface area contributed by atoms with Gasteiger partial charge in [0, 0.05) is 41.9 Å². The van der Waals surface area contributed by atoms with Crippen molar-refractivity contribution in [2.75, 3.05) is 20.6 Å². The second-order valence-corrected chi connectivity index (χ2v) is 8.13. The molecule has 1 amide bonds. The maximum atomic E-state index is 13.0. The smallest absolute Gasteiger partial charge is 0.328 e. The molecule has 1 unspecified atom stereocenters. The van der Waals surface area contributed by atoms with Gasteiger partial charge in [-0.1, -0.05) is 48.5 Å². The van der Waals surface area contributed by atoms with Gasteiger partial charge in [-0.15, -0.1) is 0 Å². The molecule has 3 aromatic rings. The van der Waals surface area contributed by atoms with Gasteiger partial charge in [0.15, 0.2) is 0 Å². The number of carboxylic acid groups (broad SMARTS) is 2. The van der Waals surface area contributed by atoms with E-state index in [0.29, 0.717) is 30.6 Å². The van der Waals surface area contributed by atoms with E-state index in [1.54, 1.807) is 4.57 Å². The number of likely N-dealkylation sites (N-methyl/N-ethyl adjacent to an activating group) is 1. The molecule has 184 valence electrons. The molecule has 1 atom stereocenters. The van der Waals surface area contributed by atoms with Crippen molar-refractivity contribution in [2.45, 2.75) is 19.5 Å². The van der Waals surface area contributed by atoms with Crippen LogP contribution in [-0.2, 0) is 20.9 Å². The quantitative estimate of drug-likeness (QED) is 0.423. The number of nitrogens with one attached hydrogen (secondary N) is 1. The van der Waals surface area contributed by atoms with Crippen molar-refractivity contribution >= 4 is 28.6 Å². The Morgan fingerprint density at radius 1 is 0.943 bits per heavy atom. The summed E-state index contributed by atoms with van der Waals surface area (Å²) in [5, 5.41) is 20.2. The van der Waals surface area contributed by atoms with Gasteiger partial charge in [-0.05, 0) is 38.0 Å². The number of aliphatic carboxylic acids is 2. The zero-order valence-corrected chi connectivity index (χ0v) is 19.8. The summed E-state index contributed by atoms with van der Waals surface area (Å²) in [5.41, 5.74) is 2.03. The molecule has 0 bridgehead atoms. The van der Waals surface area contributed by atoms with Crippen molar-refractivity contribution in [2.24, 2.45) is 0 Å². The second-order valence-electron chi connectivity index (χ2n) is 8.13. The Hall–Kier alpha value is -4.24. The minimum atomic E-state index is -1.26. The zero-order valence-electron chi connectivity index (χ0n) is 19.8. The molecular weight excluding hydrogens is 450 g/mol. The first kappa shape index (κ1) is 27.0. The Bertz CT molecular complexity index is 1250. The number of rotatable bonds is 8. The molecular formula is C26H29N3O6. The van der Waals surface area contributed by atoms with Crippen molar-refractivity contribution in [1.82, 2.24) is 14.8 Å². The van der Waals surface area contributed by atoms with Crippen LogP contribution in [0.2, 0.25) is 0 Å². The molecule has 0 aliphatic carbocycles. The average Bonchev–Trinajstić information content (AvgIpc) is 2.80. The van der Waals surface area contributed by atoms with Gasteiger partial charge in [0.1, 0.15) is 0 Å². The van der Waals surface area contributed by atoms with Crippen LogP contribution >= 0.6 is 0 Å². The van der Waals surface area contributed by atoms with E-state index in [1.165, 1.54) is 0 Å². The number of carbonyl (C=O) groups is 3. The van der Waals surface area contributed by atoms with E-state index >= 15 is 0 Å². The minimum Gasteiger partial charge on any atom is -0.478 e. The van der Waals surface area contributed by atoms with E-state index < -0.39 is 11.9 Å². The van der Waals surface area contributed by atoms with Gasteiger partial charge in [0.2, 0.25) is 5.91 Å². The molecule has 1 aromatic heterocycles. The summed E-state index contributed by atoms with van der Waals surface area (Å²) in [5.74, 6) is -2.57. The summed E-state index contributed by atoms with van der Waals surface area (Å²) in [6.45, 7) is 2.66. The monoisotopic (exact) mass is 479 g/mol. The number of nitrogens with zero attached hydrogens (tertiary/aromatic N) is 2. The van der Waals surface area contributed by atoms with E-state index in [-0.39, 0.29) is 17.5 Å². The number of benzene rings is 2. The van der Waals surface area contributed by atoms with Crippen LogP contribution in [0.3, 0.4) is 0 Å². The topological polar surface area (TPSA) is 129 Å². The molecule has 0 aliphatic heterocycles. The maximum Gasteiger partial charge on any atom is 0.328 e. The van der Waals surface area contributed by atoms with Crippen LogP contribution in [-0.4, -0.2) is 64.2 Å². The summed E-state index contributed by atoms with van der Waals surface area (Å²) in [4.78, 5) is 45.9. The Balaban J connectivity index is 0.000000466. The molecule has 2 aromatic carbocycles. The van der Waals surface area contributed by atoms with Crippen LogP contribution < -0.4 is 10.9 Å². The van der Waals surface area contributed by atoms with Crippen molar-refractivity contribution < 1.29 is 24.6 Å². The number of hydrogen-bond acceptors (Lipinski definition) is 5. The molecule has 0 spiro atoms. The molecule has 3 N–H and O–H groups in total.